The molecule has 0 aliphatic carbocycles. The Labute approximate surface area is 146 Å². The second-order valence-electron chi connectivity index (χ2n) is 5.85. The van der Waals surface area contributed by atoms with Crippen LogP contribution in [0.15, 0.2) is 39.7 Å². The van der Waals surface area contributed by atoms with Gasteiger partial charge in [0.05, 0.1) is 12.0 Å². The largest absolute Gasteiger partial charge is 0.463 e. The summed E-state index contributed by atoms with van der Waals surface area (Å²) < 4.78 is 5.23. The number of furan rings is 1. The predicted octanol–water partition coefficient (Wildman–Crippen LogP) is 2.18. The minimum absolute atomic E-state index is 0. The zero-order valence-corrected chi connectivity index (χ0v) is 14.2. The summed E-state index contributed by atoms with van der Waals surface area (Å²) in [5.74, 6) is 0.837. The van der Waals surface area contributed by atoms with E-state index in [2.05, 4.69) is 15.6 Å². The van der Waals surface area contributed by atoms with E-state index in [0.717, 1.165) is 19.5 Å². The third-order valence-electron chi connectivity index (χ3n) is 4.18. The topological polar surface area (TPSA) is 87.1 Å². The molecule has 24 heavy (non-hydrogen) atoms. The van der Waals surface area contributed by atoms with Gasteiger partial charge in [-0.05, 0) is 62.5 Å². The van der Waals surface area contributed by atoms with Gasteiger partial charge in [-0.15, -0.1) is 12.4 Å². The molecular weight excluding hydrogens is 330 g/mol. The monoisotopic (exact) mass is 351 g/mol. The smallest absolute Gasteiger partial charge is 0.261 e. The molecule has 2 aromatic rings. The fourth-order valence-electron chi connectivity index (χ4n) is 2.88. The van der Waals surface area contributed by atoms with Crippen LogP contribution in [0.25, 0.3) is 11.5 Å². The first-order chi connectivity index (χ1) is 11.2. The number of hydrogen-bond acceptors (Lipinski definition) is 4. The number of hydrogen-bond donors (Lipinski definition) is 3. The third kappa shape index (κ3) is 4.49. The normalized spacial score (nSPS) is 17.1. The second kappa shape index (κ2) is 8.70. The van der Waals surface area contributed by atoms with E-state index in [1.54, 1.807) is 18.2 Å². The molecule has 1 atom stereocenters. The quantitative estimate of drug-likeness (QED) is 0.770. The maximum atomic E-state index is 12.1. The molecule has 3 rings (SSSR count). The first kappa shape index (κ1) is 18.3. The van der Waals surface area contributed by atoms with Gasteiger partial charge in [-0.2, -0.15) is 0 Å². The Balaban J connectivity index is 0.00000208. The van der Waals surface area contributed by atoms with Crippen molar-refractivity contribution in [3.8, 4) is 11.5 Å². The van der Waals surface area contributed by atoms with Gasteiger partial charge in [0.15, 0.2) is 0 Å². The number of pyridine rings is 1. The zero-order chi connectivity index (χ0) is 16.1. The molecule has 1 aliphatic heterocycles. The van der Waals surface area contributed by atoms with Gasteiger partial charge in [0.2, 0.25) is 0 Å². The lowest BCUT2D eigenvalue weighted by Gasteiger charge is -2.22. The number of piperidine rings is 1. The van der Waals surface area contributed by atoms with Crippen molar-refractivity contribution >= 4 is 18.3 Å². The Morgan fingerprint density at radius 2 is 2.21 bits per heavy atom. The Morgan fingerprint density at radius 1 is 1.33 bits per heavy atom. The van der Waals surface area contributed by atoms with Crippen LogP contribution in [-0.2, 0) is 0 Å². The molecule has 1 saturated heterocycles. The molecule has 0 spiro atoms. The summed E-state index contributed by atoms with van der Waals surface area (Å²) in [5, 5.41) is 6.19. The van der Waals surface area contributed by atoms with Crippen molar-refractivity contribution in [2.75, 3.05) is 19.6 Å². The third-order valence-corrected chi connectivity index (χ3v) is 4.18. The van der Waals surface area contributed by atoms with E-state index in [0.29, 0.717) is 23.9 Å². The lowest BCUT2D eigenvalue weighted by molar-refractivity contribution is 0.0949. The van der Waals surface area contributed by atoms with Crippen molar-refractivity contribution in [2.24, 2.45) is 5.92 Å². The Kier molecular flexibility index (Phi) is 6.63. The molecule has 0 saturated carbocycles. The summed E-state index contributed by atoms with van der Waals surface area (Å²) in [5.41, 5.74) is 0.280. The van der Waals surface area contributed by atoms with Crippen LogP contribution in [0.4, 0.5) is 0 Å². The number of halogens is 1. The van der Waals surface area contributed by atoms with E-state index in [1.807, 2.05) is 0 Å². The fourth-order valence-corrected chi connectivity index (χ4v) is 2.88. The molecule has 3 N–H and O–H groups in total. The number of aromatic nitrogens is 1. The number of amides is 1. The average Bonchev–Trinajstić information content (AvgIpc) is 3.10. The maximum Gasteiger partial charge on any atom is 0.261 e. The van der Waals surface area contributed by atoms with E-state index < -0.39 is 5.56 Å². The Bertz CT molecular complexity index is 706. The first-order valence-electron chi connectivity index (χ1n) is 8.00. The van der Waals surface area contributed by atoms with E-state index in [-0.39, 0.29) is 23.9 Å². The van der Waals surface area contributed by atoms with Gasteiger partial charge in [-0.3, -0.25) is 9.59 Å². The van der Waals surface area contributed by atoms with Crippen molar-refractivity contribution < 1.29 is 9.21 Å². The van der Waals surface area contributed by atoms with Gasteiger partial charge in [0.25, 0.3) is 11.5 Å². The number of nitrogens with one attached hydrogen (secondary N) is 3. The molecular formula is C17H22ClN3O3. The maximum absolute atomic E-state index is 12.1. The summed E-state index contributed by atoms with van der Waals surface area (Å²) in [7, 11) is 0. The average molecular weight is 352 g/mol. The van der Waals surface area contributed by atoms with Crippen LogP contribution < -0.4 is 16.2 Å². The number of H-pyrrole nitrogens is 1. The minimum atomic E-state index is -0.407. The van der Waals surface area contributed by atoms with Gasteiger partial charge in [-0.1, -0.05) is 0 Å². The number of rotatable bonds is 5. The summed E-state index contributed by atoms with van der Waals surface area (Å²) in [6, 6.07) is 6.71. The van der Waals surface area contributed by atoms with Gasteiger partial charge in [0.1, 0.15) is 11.3 Å². The van der Waals surface area contributed by atoms with Crippen LogP contribution in [-0.4, -0.2) is 30.5 Å². The molecule has 6 nitrogen and oxygen atoms in total. The van der Waals surface area contributed by atoms with Gasteiger partial charge < -0.3 is 20.0 Å². The SMILES string of the molecule is Cl.O=C(NCCC1CCCNC1)c1ccc(-c2ccco2)[nH]c1=O. The Hall–Kier alpha value is -2.05. The van der Waals surface area contributed by atoms with Crippen molar-refractivity contribution in [1.29, 1.82) is 0 Å². The molecule has 1 amide bonds. The highest BCUT2D eigenvalue weighted by molar-refractivity contribution is 5.94. The van der Waals surface area contributed by atoms with Crippen LogP contribution in [0, 0.1) is 5.92 Å². The molecule has 7 heteroatoms. The lowest BCUT2D eigenvalue weighted by atomic mass is 9.96. The molecule has 2 aromatic heterocycles. The lowest BCUT2D eigenvalue weighted by Crippen LogP contribution is -2.34. The van der Waals surface area contributed by atoms with E-state index >= 15 is 0 Å². The first-order valence-corrected chi connectivity index (χ1v) is 8.00. The van der Waals surface area contributed by atoms with Gasteiger partial charge in [-0.25, -0.2) is 0 Å². The van der Waals surface area contributed by atoms with Gasteiger partial charge in [0, 0.05) is 6.54 Å². The minimum Gasteiger partial charge on any atom is -0.463 e. The van der Waals surface area contributed by atoms with E-state index in [1.165, 1.54) is 25.2 Å². The standard InChI is InChI=1S/C17H21N3O3.ClH/c21-16(19-9-7-12-3-1-8-18-11-12)13-5-6-14(20-17(13)22)15-4-2-10-23-15;/h2,4-6,10,12,18H,1,3,7-9,11H2,(H,19,21)(H,20,22);1H. The van der Waals surface area contributed by atoms with Gasteiger partial charge >= 0.3 is 0 Å². The van der Waals surface area contributed by atoms with Crippen molar-refractivity contribution in [1.82, 2.24) is 15.6 Å². The van der Waals surface area contributed by atoms with E-state index in [4.69, 9.17) is 4.42 Å². The van der Waals surface area contributed by atoms with Crippen LogP contribution in [0.5, 0.6) is 0 Å². The fraction of sp³-hybridized carbons (Fsp3) is 0.412. The Morgan fingerprint density at radius 3 is 2.88 bits per heavy atom. The molecule has 1 unspecified atom stereocenters. The molecule has 1 aliphatic rings. The summed E-state index contributed by atoms with van der Waals surface area (Å²) in [4.78, 5) is 26.9. The number of carbonyl (C=O) groups excluding carboxylic acids is 1. The summed E-state index contributed by atoms with van der Waals surface area (Å²) >= 11 is 0. The molecule has 3 heterocycles. The highest BCUT2D eigenvalue weighted by Gasteiger charge is 2.15. The summed E-state index contributed by atoms with van der Waals surface area (Å²) in [6.45, 7) is 2.68. The molecule has 0 bridgehead atoms. The highest BCUT2D eigenvalue weighted by Crippen LogP contribution is 2.16. The zero-order valence-electron chi connectivity index (χ0n) is 13.3. The van der Waals surface area contributed by atoms with Crippen LogP contribution in [0.1, 0.15) is 29.6 Å². The number of carbonyl (C=O) groups is 1. The van der Waals surface area contributed by atoms with Crippen molar-refractivity contribution in [2.45, 2.75) is 19.3 Å². The second-order valence-corrected chi connectivity index (χ2v) is 5.85. The highest BCUT2D eigenvalue weighted by atomic mass is 35.5. The van der Waals surface area contributed by atoms with Crippen molar-refractivity contribution in [3.05, 3.63) is 46.4 Å². The molecule has 0 radical (unpaired) electrons. The molecule has 130 valence electrons. The molecule has 0 aromatic carbocycles. The molecule has 1 fully saturated rings. The van der Waals surface area contributed by atoms with Crippen LogP contribution in [0.2, 0.25) is 0 Å². The van der Waals surface area contributed by atoms with E-state index in [9.17, 15) is 9.59 Å². The van der Waals surface area contributed by atoms with Crippen LogP contribution >= 0.6 is 12.4 Å². The summed E-state index contributed by atoms with van der Waals surface area (Å²) in [6.07, 6.45) is 4.85. The predicted molar refractivity (Wildman–Crippen MR) is 94.6 cm³/mol. The van der Waals surface area contributed by atoms with Crippen LogP contribution in [0.3, 0.4) is 0 Å². The van der Waals surface area contributed by atoms with Crippen molar-refractivity contribution in [3.63, 3.8) is 0 Å². The number of aromatic amines is 1.